The van der Waals surface area contributed by atoms with Gasteiger partial charge in [0.1, 0.15) is 0 Å². The molecular formula is C11H8F3N5O2S. The van der Waals surface area contributed by atoms with Crippen LogP contribution in [-0.2, 0) is 6.18 Å². The second-order valence-electron chi connectivity index (χ2n) is 4.21. The van der Waals surface area contributed by atoms with E-state index in [0.717, 1.165) is 6.21 Å². The van der Waals surface area contributed by atoms with E-state index in [1.807, 2.05) is 5.10 Å². The van der Waals surface area contributed by atoms with E-state index in [9.17, 15) is 23.3 Å². The molecule has 0 radical (unpaired) electrons. The molecule has 0 amide bonds. The first-order valence-electron chi connectivity index (χ1n) is 5.74. The fourth-order valence-corrected chi connectivity index (χ4v) is 1.79. The Hall–Kier alpha value is -2.56. The summed E-state index contributed by atoms with van der Waals surface area (Å²) in [5, 5.41) is 19.5. The smallest absolute Gasteiger partial charge is 0.258 e. The average Bonchev–Trinajstić information content (AvgIpc) is 2.78. The molecule has 116 valence electrons. The maximum absolute atomic E-state index is 12.7. The van der Waals surface area contributed by atoms with Crippen LogP contribution >= 0.6 is 12.2 Å². The van der Waals surface area contributed by atoms with Gasteiger partial charge in [-0.1, -0.05) is 12.1 Å². The summed E-state index contributed by atoms with van der Waals surface area (Å²) >= 11 is 4.67. The highest BCUT2D eigenvalue weighted by atomic mass is 32.1. The molecule has 2 rings (SSSR count). The van der Waals surface area contributed by atoms with Crippen molar-refractivity contribution < 1.29 is 18.1 Å². The third kappa shape index (κ3) is 3.19. The number of hydrogen-bond donors (Lipinski definition) is 1. The number of hydrogen-bond acceptors (Lipinski definition) is 5. The van der Waals surface area contributed by atoms with Crippen molar-refractivity contribution in [3.05, 3.63) is 50.0 Å². The van der Waals surface area contributed by atoms with Gasteiger partial charge in [-0.3, -0.25) is 10.1 Å². The number of benzene rings is 1. The van der Waals surface area contributed by atoms with Gasteiger partial charge in [-0.25, -0.2) is 5.10 Å². The van der Waals surface area contributed by atoms with Gasteiger partial charge < -0.3 is 0 Å². The lowest BCUT2D eigenvalue weighted by molar-refractivity contribution is -0.385. The lowest BCUT2D eigenvalue weighted by atomic mass is 10.1. The molecule has 1 N–H and O–H groups in total. The maximum Gasteiger partial charge on any atom is 0.453 e. The molecular weight excluding hydrogens is 323 g/mol. The van der Waals surface area contributed by atoms with Crippen molar-refractivity contribution in [3.63, 3.8) is 0 Å². The van der Waals surface area contributed by atoms with Gasteiger partial charge in [-0.05, 0) is 19.1 Å². The number of nitro benzene ring substituents is 1. The van der Waals surface area contributed by atoms with Gasteiger partial charge in [0, 0.05) is 17.2 Å². The molecule has 0 aliphatic heterocycles. The van der Waals surface area contributed by atoms with Crippen LogP contribution in [0.25, 0.3) is 0 Å². The van der Waals surface area contributed by atoms with Crippen LogP contribution < -0.4 is 0 Å². The van der Waals surface area contributed by atoms with Crippen LogP contribution in [0.5, 0.6) is 0 Å². The van der Waals surface area contributed by atoms with Gasteiger partial charge >= 0.3 is 6.18 Å². The first-order valence-corrected chi connectivity index (χ1v) is 6.15. The van der Waals surface area contributed by atoms with E-state index in [1.165, 1.54) is 18.2 Å². The quantitative estimate of drug-likeness (QED) is 0.405. The Bertz CT molecular complexity index is 809. The first-order chi connectivity index (χ1) is 10.2. The molecule has 0 aliphatic rings. The molecule has 0 saturated carbocycles. The summed E-state index contributed by atoms with van der Waals surface area (Å²) in [6, 6.07) is 4.16. The highest BCUT2D eigenvalue weighted by Crippen LogP contribution is 2.27. The Morgan fingerprint density at radius 3 is 2.77 bits per heavy atom. The SMILES string of the molecule is Cc1ccc(/C=N\n2c(C(F)(F)F)n[nH]c2=S)cc1[N+](=O)[O-]. The molecule has 1 heterocycles. The van der Waals surface area contributed by atoms with Crippen molar-refractivity contribution in [2.24, 2.45) is 5.10 Å². The molecule has 0 fully saturated rings. The van der Waals surface area contributed by atoms with Gasteiger partial charge in [0.05, 0.1) is 11.1 Å². The lowest BCUT2D eigenvalue weighted by Gasteiger charge is -2.04. The summed E-state index contributed by atoms with van der Waals surface area (Å²) in [5.41, 5.74) is 0.530. The molecule has 0 saturated heterocycles. The Kier molecular flexibility index (Phi) is 4.08. The van der Waals surface area contributed by atoms with Crippen molar-refractivity contribution in [2.45, 2.75) is 13.1 Å². The molecule has 2 aromatic rings. The molecule has 0 atom stereocenters. The number of halogens is 3. The predicted molar refractivity (Wildman–Crippen MR) is 73.2 cm³/mol. The number of aryl methyl sites for hydroxylation is 1. The van der Waals surface area contributed by atoms with Crippen molar-refractivity contribution in [3.8, 4) is 0 Å². The molecule has 0 spiro atoms. The molecule has 11 heteroatoms. The molecule has 0 unspecified atom stereocenters. The van der Waals surface area contributed by atoms with Crippen LogP contribution in [-0.4, -0.2) is 26.0 Å². The standard InChI is InChI=1S/C11H8F3N5O2S/c1-6-2-3-7(4-8(6)19(20)21)5-15-18-9(11(12,13)14)16-17-10(18)22/h2-5H,1H3,(H,17,22)/b15-5-. The number of alkyl halides is 3. The number of nitro groups is 1. The topological polar surface area (TPSA) is 89.1 Å². The van der Waals surface area contributed by atoms with Crippen molar-refractivity contribution in [2.75, 3.05) is 0 Å². The van der Waals surface area contributed by atoms with Crippen molar-refractivity contribution >= 4 is 24.1 Å². The van der Waals surface area contributed by atoms with Crippen molar-refractivity contribution in [1.82, 2.24) is 14.9 Å². The zero-order valence-corrected chi connectivity index (χ0v) is 11.8. The van der Waals surface area contributed by atoms with E-state index in [4.69, 9.17) is 0 Å². The molecule has 7 nitrogen and oxygen atoms in total. The summed E-state index contributed by atoms with van der Waals surface area (Å²) < 4.78 is 38.2. The number of H-pyrrole nitrogens is 1. The van der Waals surface area contributed by atoms with Gasteiger partial charge in [0.15, 0.2) is 0 Å². The van der Waals surface area contributed by atoms with E-state index in [1.54, 1.807) is 6.92 Å². The molecule has 1 aromatic carbocycles. The maximum atomic E-state index is 12.7. The minimum atomic E-state index is -4.73. The average molecular weight is 331 g/mol. The monoisotopic (exact) mass is 331 g/mol. The highest BCUT2D eigenvalue weighted by molar-refractivity contribution is 7.71. The minimum Gasteiger partial charge on any atom is -0.258 e. The van der Waals surface area contributed by atoms with Crippen LogP contribution in [0, 0.1) is 21.8 Å². The van der Waals surface area contributed by atoms with Crippen molar-refractivity contribution in [1.29, 1.82) is 0 Å². The number of aromatic nitrogens is 3. The molecule has 0 bridgehead atoms. The van der Waals surface area contributed by atoms with E-state index in [0.29, 0.717) is 10.2 Å². The van der Waals surface area contributed by atoms with Crippen LogP contribution in [0.1, 0.15) is 17.0 Å². The fraction of sp³-hybridized carbons (Fsp3) is 0.182. The second kappa shape index (κ2) is 5.67. The third-order valence-electron chi connectivity index (χ3n) is 2.66. The predicted octanol–water partition coefficient (Wildman–Crippen LogP) is 3.06. The van der Waals surface area contributed by atoms with E-state index >= 15 is 0 Å². The van der Waals surface area contributed by atoms with Gasteiger partial charge in [0.25, 0.3) is 11.5 Å². The number of nitrogens with one attached hydrogen (secondary N) is 1. The van der Waals surface area contributed by atoms with E-state index in [-0.39, 0.29) is 16.0 Å². The summed E-state index contributed by atoms with van der Waals surface area (Å²) in [6.45, 7) is 1.55. The summed E-state index contributed by atoms with van der Waals surface area (Å²) in [4.78, 5) is 10.2. The number of aromatic amines is 1. The fourth-order valence-electron chi connectivity index (χ4n) is 1.61. The minimum absolute atomic E-state index is 0.157. The zero-order chi connectivity index (χ0) is 16.5. The molecule has 1 aromatic heterocycles. The Labute approximate surface area is 126 Å². The molecule has 22 heavy (non-hydrogen) atoms. The Morgan fingerprint density at radius 1 is 1.50 bits per heavy atom. The Morgan fingerprint density at radius 2 is 2.18 bits per heavy atom. The zero-order valence-electron chi connectivity index (χ0n) is 11.0. The summed E-state index contributed by atoms with van der Waals surface area (Å²) in [5.74, 6) is -1.31. The van der Waals surface area contributed by atoms with Crippen LogP contribution in [0.2, 0.25) is 0 Å². The second-order valence-corrected chi connectivity index (χ2v) is 4.60. The van der Waals surface area contributed by atoms with Gasteiger partial charge in [0.2, 0.25) is 4.77 Å². The molecule has 0 aliphatic carbocycles. The highest BCUT2D eigenvalue weighted by Gasteiger charge is 2.37. The van der Waals surface area contributed by atoms with Crippen LogP contribution in [0.4, 0.5) is 18.9 Å². The van der Waals surface area contributed by atoms with Crippen LogP contribution in [0.3, 0.4) is 0 Å². The summed E-state index contributed by atoms with van der Waals surface area (Å²) in [7, 11) is 0. The first kappa shape index (κ1) is 15.8. The van der Waals surface area contributed by atoms with Gasteiger partial charge in [-0.15, -0.1) is 5.10 Å². The number of rotatable bonds is 3. The number of nitrogens with zero attached hydrogens (tertiary/aromatic N) is 4. The Balaban J connectivity index is 2.42. The van der Waals surface area contributed by atoms with E-state index in [2.05, 4.69) is 22.4 Å². The lowest BCUT2D eigenvalue weighted by Crippen LogP contribution is -2.12. The normalized spacial score (nSPS) is 12.0. The van der Waals surface area contributed by atoms with Gasteiger partial charge in [-0.2, -0.15) is 22.9 Å². The van der Waals surface area contributed by atoms with E-state index < -0.39 is 16.9 Å². The van der Waals surface area contributed by atoms with Crippen LogP contribution in [0.15, 0.2) is 23.3 Å². The largest absolute Gasteiger partial charge is 0.453 e. The summed E-state index contributed by atoms with van der Waals surface area (Å²) in [6.07, 6.45) is -3.70. The third-order valence-corrected chi connectivity index (χ3v) is 2.92.